The molecule has 0 fully saturated rings. The zero-order valence-electron chi connectivity index (χ0n) is 12.5. The average molecular weight is 307 g/mol. The van der Waals surface area contributed by atoms with Crippen LogP contribution < -0.4 is 5.32 Å². The van der Waals surface area contributed by atoms with E-state index in [1.807, 2.05) is 13.8 Å². The van der Waals surface area contributed by atoms with Gasteiger partial charge in [-0.25, -0.2) is 4.79 Å². The lowest BCUT2D eigenvalue weighted by molar-refractivity contribution is -0.151. The predicted octanol–water partition coefficient (Wildman–Crippen LogP) is 2.22. The van der Waals surface area contributed by atoms with E-state index in [0.717, 1.165) is 10.7 Å². The monoisotopic (exact) mass is 307 g/mol. The highest BCUT2D eigenvalue weighted by Crippen LogP contribution is 2.27. The van der Waals surface area contributed by atoms with Crippen molar-refractivity contribution in [3.8, 4) is 0 Å². The maximum atomic E-state index is 12.5. The molecular weight excluding hydrogens is 287 g/mol. The summed E-state index contributed by atoms with van der Waals surface area (Å²) in [5.74, 6) is -0.525. The lowest BCUT2D eigenvalue weighted by atomic mass is 10.0. The average Bonchev–Trinajstić information content (AvgIpc) is 2.76. The Morgan fingerprint density at radius 1 is 1.48 bits per heavy atom. The maximum Gasteiger partial charge on any atom is 0.435 e. The molecule has 0 aromatic carbocycles. The Bertz CT molecular complexity index is 485. The summed E-state index contributed by atoms with van der Waals surface area (Å²) in [6, 6.07) is 0.832. The molecule has 0 saturated heterocycles. The number of ether oxygens (including phenoxy) is 1. The maximum absolute atomic E-state index is 12.5. The van der Waals surface area contributed by atoms with Crippen LogP contribution in [0.2, 0.25) is 0 Å². The molecule has 1 aromatic heterocycles. The van der Waals surface area contributed by atoms with Gasteiger partial charge in [-0.2, -0.15) is 18.3 Å². The van der Waals surface area contributed by atoms with Crippen LogP contribution in [0.1, 0.15) is 33.4 Å². The van der Waals surface area contributed by atoms with E-state index >= 15 is 0 Å². The molecule has 0 radical (unpaired) electrons. The van der Waals surface area contributed by atoms with Gasteiger partial charge in [-0.15, -0.1) is 0 Å². The number of hydrogen-bond donors (Lipinski definition) is 1. The highest BCUT2D eigenvalue weighted by atomic mass is 19.4. The Hall–Kier alpha value is -1.57. The second-order valence-electron chi connectivity index (χ2n) is 5.25. The van der Waals surface area contributed by atoms with Crippen LogP contribution in [0.4, 0.5) is 13.2 Å². The molecule has 1 aromatic rings. The molecule has 120 valence electrons. The predicted molar refractivity (Wildman–Crippen MR) is 70.5 cm³/mol. The van der Waals surface area contributed by atoms with E-state index in [1.165, 1.54) is 6.20 Å². The van der Waals surface area contributed by atoms with Crippen molar-refractivity contribution in [3.05, 3.63) is 18.0 Å². The molecule has 0 bridgehead atoms. The number of alkyl halides is 3. The quantitative estimate of drug-likeness (QED) is 0.819. The lowest BCUT2D eigenvalue weighted by Crippen LogP contribution is -2.56. The van der Waals surface area contributed by atoms with Crippen molar-refractivity contribution in [2.24, 2.45) is 0 Å². The van der Waals surface area contributed by atoms with Crippen LogP contribution in [-0.2, 0) is 22.3 Å². The highest BCUT2D eigenvalue weighted by molar-refractivity contribution is 5.80. The van der Waals surface area contributed by atoms with Gasteiger partial charge in [0.2, 0.25) is 0 Å². The Kier molecular flexibility index (Phi) is 5.38. The zero-order valence-corrected chi connectivity index (χ0v) is 12.5. The van der Waals surface area contributed by atoms with Crippen LogP contribution >= 0.6 is 0 Å². The van der Waals surface area contributed by atoms with E-state index in [9.17, 15) is 18.0 Å². The molecule has 8 heteroatoms. The smallest absolute Gasteiger partial charge is 0.435 e. The summed E-state index contributed by atoms with van der Waals surface area (Å²) in [5, 5.41) is 6.48. The number of esters is 1. The van der Waals surface area contributed by atoms with Crippen LogP contribution in [0.15, 0.2) is 12.3 Å². The number of halogens is 3. The van der Waals surface area contributed by atoms with Crippen molar-refractivity contribution in [1.29, 1.82) is 0 Å². The second-order valence-corrected chi connectivity index (χ2v) is 5.25. The molecule has 1 N–H and O–H groups in total. The van der Waals surface area contributed by atoms with Crippen molar-refractivity contribution in [1.82, 2.24) is 15.1 Å². The third-order valence-corrected chi connectivity index (χ3v) is 2.74. The molecule has 1 atom stereocenters. The fourth-order valence-electron chi connectivity index (χ4n) is 2.02. The van der Waals surface area contributed by atoms with Crippen LogP contribution in [0.5, 0.6) is 0 Å². The molecule has 0 aliphatic carbocycles. The summed E-state index contributed by atoms with van der Waals surface area (Å²) in [7, 11) is 0. The highest BCUT2D eigenvalue weighted by Gasteiger charge is 2.38. The van der Waals surface area contributed by atoms with Gasteiger partial charge in [0.1, 0.15) is 5.54 Å². The van der Waals surface area contributed by atoms with Gasteiger partial charge in [0.15, 0.2) is 5.69 Å². The largest absolute Gasteiger partial charge is 0.465 e. The van der Waals surface area contributed by atoms with E-state index in [0.29, 0.717) is 0 Å². The summed E-state index contributed by atoms with van der Waals surface area (Å²) >= 11 is 0. The van der Waals surface area contributed by atoms with Gasteiger partial charge in [0.05, 0.1) is 13.2 Å². The topological polar surface area (TPSA) is 56.2 Å². The van der Waals surface area contributed by atoms with Gasteiger partial charge in [-0.3, -0.25) is 10.00 Å². The van der Waals surface area contributed by atoms with Gasteiger partial charge < -0.3 is 4.74 Å². The Morgan fingerprint density at radius 2 is 2.10 bits per heavy atom. The Labute approximate surface area is 121 Å². The third-order valence-electron chi connectivity index (χ3n) is 2.74. The van der Waals surface area contributed by atoms with Gasteiger partial charge in [0.25, 0.3) is 0 Å². The summed E-state index contributed by atoms with van der Waals surface area (Å²) in [4.78, 5) is 12.1. The van der Waals surface area contributed by atoms with Crippen molar-refractivity contribution in [2.75, 3.05) is 6.61 Å². The minimum Gasteiger partial charge on any atom is -0.465 e. The molecule has 0 amide bonds. The molecule has 1 heterocycles. The van der Waals surface area contributed by atoms with E-state index < -0.39 is 23.4 Å². The van der Waals surface area contributed by atoms with Crippen LogP contribution in [0.25, 0.3) is 0 Å². The van der Waals surface area contributed by atoms with E-state index in [4.69, 9.17) is 4.74 Å². The van der Waals surface area contributed by atoms with Gasteiger partial charge in [0, 0.05) is 12.2 Å². The summed E-state index contributed by atoms with van der Waals surface area (Å²) in [6.07, 6.45) is -3.31. The fourth-order valence-corrected chi connectivity index (χ4v) is 2.02. The number of nitrogens with one attached hydrogen (secondary N) is 1. The number of carbonyl (C=O) groups is 1. The molecule has 5 nitrogen and oxygen atoms in total. The zero-order chi connectivity index (χ0) is 16.3. The minimum absolute atomic E-state index is 0.0444. The van der Waals surface area contributed by atoms with E-state index in [-0.39, 0.29) is 19.2 Å². The molecule has 0 saturated carbocycles. The molecule has 1 rings (SSSR count). The number of hydrogen-bond acceptors (Lipinski definition) is 4. The second kappa shape index (κ2) is 6.46. The number of aromatic nitrogens is 2. The Morgan fingerprint density at radius 3 is 2.52 bits per heavy atom. The number of rotatable bonds is 6. The van der Waals surface area contributed by atoms with Crippen LogP contribution in [0.3, 0.4) is 0 Å². The number of nitrogens with zero attached hydrogens (tertiary/aromatic N) is 2. The lowest BCUT2D eigenvalue weighted by Gasteiger charge is -2.30. The van der Waals surface area contributed by atoms with Gasteiger partial charge in [-0.05, 0) is 33.8 Å². The first-order valence-electron chi connectivity index (χ1n) is 6.64. The molecule has 0 spiro atoms. The van der Waals surface area contributed by atoms with Crippen molar-refractivity contribution < 1.29 is 22.7 Å². The molecule has 0 aliphatic heterocycles. The normalized spacial score (nSPS) is 15.0. The summed E-state index contributed by atoms with van der Waals surface area (Å²) < 4.78 is 43.7. The molecule has 0 aliphatic rings. The molecule has 1 unspecified atom stereocenters. The first-order chi connectivity index (χ1) is 9.58. The van der Waals surface area contributed by atoms with Crippen molar-refractivity contribution >= 4 is 5.97 Å². The molecular formula is C13H20F3N3O2. The summed E-state index contributed by atoms with van der Waals surface area (Å²) in [6.45, 7) is 7.06. The van der Waals surface area contributed by atoms with E-state index in [1.54, 1.807) is 13.8 Å². The standard InChI is InChI=1S/C13H20F3N3O2/c1-5-21-11(20)12(4,17-9(2)3)8-19-7-6-10(18-19)13(14,15)16/h6-7,9,17H,5,8H2,1-4H3. The number of carbonyl (C=O) groups excluding carboxylic acids is 1. The Balaban J connectivity index is 2.96. The fraction of sp³-hybridized carbons (Fsp3) is 0.692. The van der Waals surface area contributed by atoms with Crippen molar-refractivity contribution in [2.45, 2.75) is 52.0 Å². The third kappa shape index (κ3) is 4.73. The minimum atomic E-state index is -4.50. The first kappa shape index (κ1) is 17.5. The van der Waals surface area contributed by atoms with Gasteiger partial charge in [-0.1, -0.05) is 0 Å². The van der Waals surface area contributed by atoms with Crippen molar-refractivity contribution in [3.63, 3.8) is 0 Å². The van der Waals surface area contributed by atoms with Crippen LogP contribution in [0, 0.1) is 0 Å². The SMILES string of the molecule is CCOC(=O)C(C)(Cn1ccc(C(F)(F)F)n1)NC(C)C. The molecule has 21 heavy (non-hydrogen) atoms. The summed E-state index contributed by atoms with van der Waals surface area (Å²) in [5.41, 5.74) is -2.14. The van der Waals surface area contributed by atoms with Gasteiger partial charge >= 0.3 is 12.1 Å². The van der Waals surface area contributed by atoms with E-state index in [2.05, 4.69) is 10.4 Å². The van der Waals surface area contributed by atoms with Crippen LogP contribution in [-0.4, -0.2) is 33.9 Å². The first-order valence-corrected chi connectivity index (χ1v) is 6.64.